The molecule has 1 aromatic carbocycles. The van der Waals surface area contributed by atoms with Gasteiger partial charge in [-0.15, -0.1) is 0 Å². The van der Waals surface area contributed by atoms with Crippen LogP contribution >= 0.6 is 0 Å². The van der Waals surface area contributed by atoms with Crippen molar-refractivity contribution in [3.63, 3.8) is 0 Å². The van der Waals surface area contributed by atoms with E-state index < -0.39 is 0 Å². The van der Waals surface area contributed by atoms with Crippen LogP contribution < -0.4 is 5.32 Å². The number of carbonyl (C=O) groups excluding carboxylic acids is 2. The van der Waals surface area contributed by atoms with Crippen molar-refractivity contribution in [3.05, 3.63) is 35.6 Å². The van der Waals surface area contributed by atoms with E-state index in [1.807, 2.05) is 0 Å². The van der Waals surface area contributed by atoms with Gasteiger partial charge in [0.15, 0.2) is 0 Å². The second-order valence-corrected chi connectivity index (χ2v) is 5.15. The predicted molar refractivity (Wildman–Crippen MR) is 75.2 cm³/mol. The highest BCUT2D eigenvalue weighted by Crippen LogP contribution is 2.11. The molecule has 5 nitrogen and oxygen atoms in total. The lowest BCUT2D eigenvalue weighted by molar-refractivity contribution is -0.121. The van der Waals surface area contributed by atoms with Crippen molar-refractivity contribution < 1.29 is 18.7 Å². The summed E-state index contributed by atoms with van der Waals surface area (Å²) in [7, 11) is 1.68. The van der Waals surface area contributed by atoms with Crippen molar-refractivity contribution in [3.8, 4) is 0 Å². The zero-order valence-corrected chi connectivity index (χ0v) is 12.0. The van der Waals surface area contributed by atoms with Gasteiger partial charge in [0.05, 0.1) is 6.54 Å². The Bertz CT molecular complexity index is 521. The Morgan fingerprint density at radius 3 is 3.00 bits per heavy atom. The van der Waals surface area contributed by atoms with Gasteiger partial charge >= 0.3 is 6.09 Å². The van der Waals surface area contributed by atoms with Gasteiger partial charge in [0, 0.05) is 26.4 Å². The summed E-state index contributed by atoms with van der Waals surface area (Å²) in [5, 5.41) is 2.78. The first-order chi connectivity index (χ1) is 10.0. The molecule has 114 valence electrons. The summed E-state index contributed by atoms with van der Waals surface area (Å²) in [5.41, 5.74) is 0.802. The van der Waals surface area contributed by atoms with Crippen molar-refractivity contribution in [2.45, 2.75) is 25.4 Å². The summed E-state index contributed by atoms with van der Waals surface area (Å²) in [6.45, 7) is 1.02. The predicted octanol–water partition coefficient (Wildman–Crippen LogP) is 1.72. The fourth-order valence-corrected chi connectivity index (χ4v) is 2.21. The van der Waals surface area contributed by atoms with E-state index in [0.29, 0.717) is 32.4 Å². The van der Waals surface area contributed by atoms with E-state index >= 15 is 0 Å². The van der Waals surface area contributed by atoms with E-state index in [0.717, 1.165) is 5.56 Å². The maximum absolute atomic E-state index is 13.0. The zero-order valence-electron chi connectivity index (χ0n) is 12.0. The minimum absolute atomic E-state index is 0.0862. The largest absolute Gasteiger partial charge is 0.444 e. The molecule has 1 aromatic rings. The number of hydrogen-bond acceptors (Lipinski definition) is 3. The van der Waals surface area contributed by atoms with Crippen molar-refractivity contribution in [1.82, 2.24) is 10.2 Å². The zero-order chi connectivity index (χ0) is 15.2. The summed E-state index contributed by atoms with van der Waals surface area (Å²) in [6, 6.07) is 6.24. The van der Waals surface area contributed by atoms with Crippen molar-refractivity contribution >= 4 is 12.0 Å². The number of likely N-dealkylation sites (N-methyl/N-ethyl adjacent to an activating group) is 1. The molecular weight excluding hydrogens is 275 g/mol. The van der Waals surface area contributed by atoms with Crippen LogP contribution in [-0.2, 0) is 16.0 Å². The van der Waals surface area contributed by atoms with Crippen LogP contribution in [-0.4, -0.2) is 43.1 Å². The van der Waals surface area contributed by atoms with Gasteiger partial charge in [-0.3, -0.25) is 4.79 Å². The summed E-state index contributed by atoms with van der Waals surface area (Å²) in [4.78, 5) is 24.3. The standard InChI is InChI=1S/C15H19FN2O3/c1-18-10-13(21-15(18)20)7-8-17-14(19)6-5-11-3-2-4-12(16)9-11/h2-4,9,13H,5-8,10H2,1H3,(H,17,19). The van der Waals surface area contributed by atoms with Crippen LogP contribution in [0.2, 0.25) is 0 Å². The molecule has 0 radical (unpaired) electrons. The first-order valence-corrected chi connectivity index (χ1v) is 6.97. The van der Waals surface area contributed by atoms with Crippen LogP contribution in [0.25, 0.3) is 0 Å². The molecule has 0 aromatic heterocycles. The van der Waals surface area contributed by atoms with E-state index in [2.05, 4.69) is 5.32 Å². The molecule has 2 amide bonds. The molecular formula is C15H19FN2O3. The third kappa shape index (κ3) is 4.73. The van der Waals surface area contributed by atoms with Crippen LogP contribution in [0.3, 0.4) is 0 Å². The molecule has 0 saturated carbocycles. The Hall–Kier alpha value is -2.11. The topological polar surface area (TPSA) is 58.6 Å². The quantitative estimate of drug-likeness (QED) is 0.869. The smallest absolute Gasteiger partial charge is 0.409 e. The molecule has 1 atom stereocenters. The molecule has 1 N–H and O–H groups in total. The monoisotopic (exact) mass is 294 g/mol. The highest BCUT2D eigenvalue weighted by atomic mass is 19.1. The fourth-order valence-electron chi connectivity index (χ4n) is 2.21. The molecule has 1 aliphatic heterocycles. The average Bonchev–Trinajstić information content (AvgIpc) is 2.75. The summed E-state index contributed by atoms with van der Waals surface area (Å²) < 4.78 is 18.1. The fraction of sp³-hybridized carbons (Fsp3) is 0.467. The highest BCUT2D eigenvalue weighted by molar-refractivity contribution is 5.76. The van der Waals surface area contributed by atoms with Gasteiger partial charge in [-0.25, -0.2) is 9.18 Å². The molecule has 2 rings (SSSR count). The van der Waals surface area contributed by atoms with Gasteiger partial charge in [0.2, 0.25) is 5.91 Å². The van der Waals surface area contributed by atoms with Crippen LogP contribution in [0.4, 0.5) is 9.18 Å². The molecule has 6 heteroatoms. The molecule has 0 aliphatic carbocycles. The normalized spacial score (nSPS) is 17.7. The number of aryl methyl sites for hydroxylation is 1. The highest BCUT2D eigenvalue weighted by Gasteiger charge is 2.27. The average molecular weight is 294 g/mol. The van der Waals surface area contributed by atoms with Gasteiger partial charge < -0.3 is 15.0 Å². The van der Waals surface area contributed by atoms with Crippen LogP contribution in [0.1, 0.15) is 18.4 Å². The molecule has 1 heterocycles. The van der Waals surface area contributed by atoms with E-state index in [9.17, 15) is 14.0 Å². The van der Waals surface area contributed by atoms with Crippen molar-refractivity contribution in [2.24, 2.45) is 0 Å². The number of ether oxygens (including phenoxy) is 1. The van der Waals surface area contributed by atoms with E-state index in [1.54, 1.807) is 19.2 Å². The number of carbonyl (C=O) groups is 2. The van der Waals surface area contributed by atoms with Crippen LogP contribution in [0.15, 0.2) is 24.3 Å². The number of cyclic esters (lactones) is 1. The maximum Gasteiger partial charge on any atom is 0.409 e. The van der Waals surface area contributed by atoms with Crippen LogP contribution in [0, 0.1) is 5.82 Å². The number of benzene rings is 1. The Morgan fingerprint density at radius 1 is 1.52 bits per heavy atom. The first-order valence-electron chi connectivity index (χ1n) is 6.97. The lowest BCUT2D eigenvalue weighted by atomic mass is 10.1. The third-order valence-corrected chi connectivity index (χ3v) is 3.37. The summed E-state index contributed by atoms with van der Waals surface area (Å²) >= 11 is 0. The van der Waals surface area contributed by atoms with Gasteiger partial charge in [-0.05, 0) is 24.1 Å². The first kappa shape index (κ1) is 15.3. The van der Waals surface area contributed by atoms with Gasteiger partial charge in [0.25, 0.3) is 0 Å². The molecule has 1 fully saturated rings. The summed E-state index contributed by atoms with van der Waals surface area (Å²) in [5.74, 6) is -0.378. The second kappa shape index (κ2) is 7.06. The Balaban J connectivity index is 1.63. The number of rotatable bonds is 6. The van der Waals surface area contributed by atoms with E-state index in [4.69, 9.17) is 4.74 Å². The lowest BCUT2D eigenvalue weighted by Crippen LogP contribution is -2.28. The van der Waals surface area contributed by atoms with E-state index in [1.165, 1.54) is 17.0 Å². The Morgan fingerprint density at radius 2 is 2.33 bits per heavy atom. The molecule has 1 aliphatic rings. The minimum atomic E-state index is -0.322. The number of nitrogens with zero attached hydrogens (tertiary/aromatic N) is 1. The van der Waals surface area contributed by atoms with Gasteiger partial charge in [0.1, 0.15) is 11.9 Å². The van der Waals surface area contributed by atoms with Gasteiger partial charge in [-0.2, -0.15) is 0 Å². The Labute approximate surface area is 123 Å². The van der Waals surface area contributed by atoms with Crippen LogP contribution in [0.5, 0.6) is 0 Å². The number of halogens is 1. The SMILES string of the molecule is CN1CC(CCNC(=O)CCc2cccc(F)c2)OC1=O. The third-order valence-electron chi connectivity index (χ3n) is 3.37. The number of nitrogens with one attached hydrogen (secondary N) is 1. The van der Waals surface area contributed by atoms with Crippen molar-refractivity contribution in [1.29, 1.82) is 0 Å². The Kier molecular flexibility index (Phi) is 5.14. The molecule has 0 spiro atoms. The molecule has 1 unspecified atom stereocenters. The van der Waals surface area contributed by atoms with Gasteiger partial charge in [-0.1, -0.05) is 12.1 Å². The minimum Gasteiger partial charge on any atom is -0.444 e. The summed E-state index contributed by atoms with van der Waals surface area (Å²) in [6.07, 6.45) is 0.934. The number of amides is 2. The molecule has 21 heavy (non-hydrogen) atoms. The second-order valence-electron chi connectivity index (χ2n) is 5.15. The van der Waals surface area contributed by atoms with E-state index in [-0.39, 0.29) is 23.9 Å². The van der Waals surface area contributed by atoms with Crippen molar-refractivity contribution in [2.75, 3.05) is 20.1 Å². The maximum atomic E-state index is 13.0. The molecule has 0 bridgehead atoms. The number of hydrogen-bond donors (Lipinski definition) is 1. The lowest BCUT2D eigenvalue weighted by Gasteiger charge is -2.09. The molecule has 1 saturated heterocycles.